The Labute approximate surface area is 141 Å². The summed E-state index contributed by atoms with van der Waals surface area (Å²) in [6, 6.07) is 7.52. The number of hydrogen-bond acceptors (Lipinski definition) is 3. The highest BCUT2D eigenvalue weighted by molar-refractivity contribution is 5.95. The molecule has 0 radical (unpaired) electrons. The molecule has 0 aliphatic heterocycles. The predicted molar refractivity (Wildman–Crippen MR) is 92.6 cm³/mol. The summed E-state index contributed by atoms with van der Waals surface area (Å²) in [5.41, 5.74) is 1.56. The average Bonchev–Trinajstić information content (AvgIpc) is 3.23. The van der Waals surface area contributed by atoms with Crippen LogP contribution in [0, 0.1) is 0 Å². The molecule has 0 unspecified atom stereocenters. The van der Waals surface area contributed by atoms with Crippen LogP contribution in [0.2, 0.25) is 0 Å². The Hall–Kier alpha value is -2.89. The van der Waals surface area contributed by atoms with E-state index in [9.17, 15) is 4.79 Å². The highest BCUT2D eigenvalue weighted by atomic mass is 16.1. The molecule has 3 aromatic rings. The number of carbonyl (C=O) groups excluding carboxylic acids is 1. The summed E-state index contributed by atoms with van der Waals surface area (Å²) in [6.07, 6.45) is 8.24. The molecule has 0 aliphatic carbocycles. The van der Waals surface area contributed by atoms with Gasteiger partial charge in [0.2, 0.25) is 0 Å². The van der Waals surface area contributed by atoms with Crippen LogP contribution < -0.4 is 5.32 Å². The first-order valence-electron chi connectivity index (χ1n) is 8.05. The van der Waals surface area contributed by atoms with Crippen molar-refractivity contribution in [3.63, 3.8) is 0 Å². The van der Waals surface area contributed by atoms with Gasteiger partial charge in [-0.05, 0) is 12.1 Å². The minimum absolute atomic E-state index is 0.0794. The fraction of sp³-hybridized carbons (Fsp3) is 0.278. The normalized spacial score (nSPS) is 10.8. The Balaban J connectivity index is 1.64. The van der Waals surface area contributed by atoms with Crippen molar-refractivity contribution in [1.29, 1.82) is 0 Å². The number of nitrogens with one attached hydrogen (secondary N) is 1. The Morgan fingerprint density at radius 1 is 1.21 bits per heavy atom. The zero-order valence-electron chi connectivity index (χ0n) is 13.9. The zero-order chi connectivity index (χ0) is 16.9. The van der Waals surface area contributed by atoms with Crippen LogP contribution in [-0.4, -0.2) is 31.6 Å². The van der Waals surface area contributed by atoms with E-state index in [1.54, 1.807) is 12.4 Å². The van der Waals surface area contributed by atoms with E-state index in [0.717, 1.165) is 23.6 Å². The van der Waals surface area contributed by atoms with Crippen LogP contribution in [0.25, 0.3) is 11.4 Å². The van der Waals surface area contributed by atoms with E-state index in [1.165, 1.54) is 0 Å². The molecule has 0 spiro atoms. The monoisotopic (exact) mass is 323 g/mol. The molecule has 24 heavy (non-hydrogen) atoms. The van der Waals surface area contributed by atoms with Gasteiger partial charge in [-0.2, -0.15) is 0 Å². The molecular formula is C18H21N5O. The van der Waals surface area contributed by atoms with E-state index in [2.05, 4.69) is 26.8 Å². The van der Waals surface area contributed by atoms with E-state index in [1.807, 2.05) is 48.3 Å². The Morgan fingerprint density at radius 3 is 2.79 bits per heavy atom. The summed E-state index contributed by atoms with van der Waals surface area (Å²) in [7, 11) is 1.94. The van der Waals surface area contributed by atoms with Crippen LogP contribution in [0.3, 0.4) is 0 Å². The van der Waals surface area contributed by atoms with Crippen molar-refractivity contribution in [2.45, 2.75) is 19.9 Å². The molecule has 0 fully saturated rings. The van der Waals surface area contributed by atoms with Gasteiger partial charge in [-0.15, -0.1) is 0 Å². The van der Waals surface area contributed by atoms with Gasteiger partial charge in [0.25, 0.3) is 5.91 Å². The minimum atomic E-state index is -0.0794. The molecule has 1 amide bonds. The lowest BCUT2D eigenvalue weighted by Crippen LogP contribution is -2.27. The van der Waals surface area contributed by atoms with Gasteiger partial charge in [0.05, 0.1) is 0 Å². The molecular weight excluding hydrogens is 302 g/mol. The van der Waals surface area contributed by atoms with Gasteiger partial charge in [0, 0.05) is 62.5 Å². The smallest absolute Gasteiger partial charge is 0.251 e. The summed E-state index contributed by atoms with van der Waals surface area (Å²) >= 11 is 0. The maximum Gasteiger partial charge on any atom is 0.251 e. The number of benzene rings is 1. The second-order valence-electron chi connectivity index (χ2n) is 5.59. The second kappa shape index (κ2) is 7.12. The summed E-state index contributed by atoms with van der Waals surface area (Å²) in [6.45, 7) is 3.35. The van der Waals surface area contributed by atoms with Gasteiger partial charge >= 0.3 is 0 Å². The number of amides is 1. The maximum atomic E-state index is 12.4. The molecule has 3 rings (SSSR count). The molecule has 124 valence electrons. The Bertz CT molecular complexity index is 833. The molecule has 0 bridgehead atoms. The first kappa shape index (κ1) is 16.0. The van der Waals surface area contributed by atoms with Crippen LogP contribution in [0.4, 0.5) is 0 Å². The van der Waals surface area contributed by atoms with Gasteiger partial charge in [-0.1, -0.05) is 19.1 Å². The fourth-order valence-corrected chi connectivity index (χ4v) is 2.69. The molecule has 2 aromatic heterocycles. The summed E-state index contributed by atoms with van der Waals surface area (Å²) < 4.78 is 3.99. The summed E-state index contributed by atoms with van der Waals surface area (Å²) in [4.78, 5) is 21.0. The largest absolute Gasteiger partial charge is 0.350 e. The Morgan fingerprint density at radius 2 is 2.04 bits per heavy atom. The van der Waals surface area contributed by atoms with Crippen LogP contribution in [0.15, 0.2) is 49.1 Å². The first-order valence-corrected chi connectivity index (χ1v) is 8.05. The lowest BCUT2D eigenvalue weighted by molar-refractivity contribution is 0.0952. The third-order valence-corrected chi connectivity index (χ3v) is 3.96. The number of carbonyl (C=O) groups is 1. The number of aromatic nitrogens is 4. The van der Waals surface area contributed by atoms with E-state index in [0.29, 0.717) is 18.7 Å². The fourth-order valence-electron chi connectivity index (χ4n) is 2.69. The van der Waals surface area contributed by atoms with Crippen LogP contribution in [0.5, 0.6) is 0 Å². The number of aryl methyl sites for hydroxylation is 2. The van der Waals surface area contributed by atoms with Crippen LogP contribution in [-0.2, 0) is 20.0 Å². The highest BCUT2D eigenvalue weighted by Gasteiger charge is 2.09. The molecule has 1 aromatic carbocycles. The van der Waals surface area contributed by atoms with Crippen molar-refractivity contribution in [2.24, 2.45) is 7.05 Å². The summed E-state index contributed by atoms with van der Waals surface area (Å²) in [5, 5.41) is 2.96. The van der Waals surface area contributed by atoms with E-state index in [-0.39, 0.29) is 5.91 Å². The van der Waals surface area contributed by atoms with E-state index in [4.69, 9.17) is 0 Å². The molecule has 0 atom stereocenters. The van der Waals surface area contributed by atoms with Gasteiger partial charge in [0.15, 0.2) is 0 Å². The van der Waals surface area contributed by atoms with Crippen molar-refractivity contribution >= 4 is 5.91 Å². The number of nitrogens with zero attached hydrogens (tertiary/aromatic N) is 4. The van der Waals surface area contributed by atoms with E-state index >= 15 is 0 Å². The molecule has 0 saturated carbocycles. The average molecular weight is 323 g/mol. The van der Waals surface area contributed by atoms with Crippen molar-refractivity contribution in [1.82, 2.24) is 24.4 Å². The van der Waals surface area contributed by atoms with Crippen molar-refractivity contribution in [3.05, 3.63) is 60.4 Å². The van der Waals surface area contributed by atoms with Gasteiger partial charge in [-0.3, -0.25) is 4.79 Å². The van der Waals surface area contributed by atoms with Crippen LogP contribution in [0.1, 0.15) is 23.1 Å². The maximum absolute atomic E-state index is 12.4. The molecule has 2 heterocycles. The van der Waals surface area contributed by atoms with Crippen LogP contribution >= 0.6 is 0 Å². The third kappa shape index (κ3) is 3.37. The molecule has 0 saturated heterocycles. The number of imidazole rings is 2. The highest BCUT2D eigenvalue weighted by Crippen LogP contribution is 2.17. The topological polar surface area (TPSA) is 64.7 Å². The Kier molecular flexibility index (Phi) is 4.74. The predicted octanol–water partition coefficient (Wildman–Crippen LogP) is 2.28. The lowest BCUT2D eigenvalue weighted by Gasteiger charge is -2.09. The molecule has 0 aliphatic rings. The molecule has 6 heteroatoms. The third-order valence-electron chi connectivity index (χ3n) is 3.96. The number of hydrogen-bond donors (Lipinski definition) is 1. The number of rotatable bonds is 6. The van der Waals surface area contributed by atoms with Gasteiger partial charge < -0.3 is 14.5 Å². The second-order valence-corrected chi connectivity index (χ2v) is 5.59. The zero-order valence-corrected chi connectivity index (χ0v) is 13.9. The summed E-state index contributed by atoms with van der Waals surface area (Å²) in [5.74, 6) is 1.79. The molecule has 1 N–H and O–H groups in total. The molecule has 6 nitrogen and oxygen atoms in total. The van der Waals surface area contributed by atoms with E-state index < -0.39 is 0 Å². The standard InChI is InChI=1S/C18H21N5O/c1-3-16-19-8-11-23(16)12-9-21-18(24)15-6-4-5-14(13-15)17-20-7-10-22(17)2/h4-8,10-11,13H,3,9,12H2,1-2H3,(H,21,24). The SMILES string of the molecule is CCc1nccn1CCNC(=O)c1cccc(-c2nccn2C)c1. The van der Waals surface area contributed by atoms with Gasteiger partial charge in [-0.25, -0.2) is 9.97 Å². The van der Waals surface area contributed by atoms with Crippen molar-refractivity contribution in [2.75, 3.05) is 6.54 Å². The van der Waals surface area contributed by atoms with Gasteiger partial charge in [0.1, 0.15) is 11.6 Å². The minimum Gasteiger partial charge on any atom is -0.350 e. The first-order chi connectivity index (χ1) is 11.7. The quantitative estimate of drug-likeness (QED) is 0.757. The van der Waals surface area contributed by atoms with Crippen molar-refractivity contribution in [3.8, 4) is 11.4 Å². The van der Waals surface area contributed by atoms with Crippen molar-refractivity contribution < 1.29 is 4.79 Å². The lowest BCUT2D eigenvalue weighted by atomic mass is 10.1.